The van der Waals surface area contributed by atoms with Crippen molar-refractivity contribution in [3.63, 3.8) is 0 Å². The molecule has 0 unspecified atom stereocenters. The van der Waals surface area contributed by atoms with Crippen molar-refractivity contribution in [1.82, 2.24) is 9.97 Å². The van der Waals surface area contributed by atoms with Crippen molar-refractivity contribution in [2.75, 3.05) is 5.32 Å². The highest BCUT2D eigenvalue weighted by molar-refractivity contribution is 7.15. The summed E-state index contributed by atoms with van der Waals surface area (Å²) < 4.78 is 0. The van der Waals surface area contributed by atoms with Crippen molar-refractivity contribution >= 4 is 22.4 Å². The first-order valence-electron chi connectivity index (χ1n) is 9.00. The van der Waals surface area contributed by atoms with Gasteiger partial charge in [0.1, 0.15) is 0 Å². The van der Waals surface area contributed by atoms with E-state index >= 15 is 0 Å². The van der Waals surface area contributed by atoms with Gasteiger partial charge < -0.3 is 0 Å². The summed E-state index contributed by atoms with van der Waals surface area (Å²) >= 11 is 1.50. The lowest BCUT2D eigenvalue weighted by Crippen LogP contribution is -2.11. The van der Waals surface area contributed by atoms with Gasteiger partial charge in [-0.3, -0.25) is 15.1 Å². The Balaban J connectivity index is 1.46. The number of nitrogens with one attached hydrogen (secondary N) is 1. The molecule has 2 heterocycles. The van der Waals surface area contributed by atoms with E-state index < -0.39 is 0 Å². The molecule has 138 valence electrons. The van der Waals surface area contributed by atoms with Crippen molar-refractivity contribution in [3.8, 4) is 11.3 Å². The fraction of sp³-hybridized carbons (Fsp3) is 0.0870. The number of benzene rings is 2. The molecule has 0 radical (unpaired) electrons. The van der Waals surface area contributed by atoms with Gasteiger partial charge in [-0.1, -0.05) is 60.2 Å². The molecular weight excluding hydrogens is 366 g/mol. The molecule has 0 atom stereocenters. The first-order chi connectivity index (χ1) is 13.7. The highest BCUT2D eigenvalue weighted by Gasteiger charge is 2.11. The van der Waals surface area contributed by atoms with Crippen LogP contribution in [0.4, 0.5) is 5.13 Å². The molecule has 2 aromatic carbocycles. The smallest absolute Gasteiger partial charge is 0.257 e. The number of aromatic nitrogens is 2. The van der Waals surface area contributed by atoms with E-state index in [0.717, 1.165) is 22.6 Å². The number of carbonyl (C=O) groups excluding carboxylic acids is 1. The number of nitrogens with zero attached hydrogens (tertiary/aromatic N) is 2. The van der Waals surface area contributed by atoms with Gasteiger partial charge in [0.05, 0.1) is 5.69 Å². The van der Waals surface area contributed by atoms with E-state index in [1.165, 1.54) is 22.5 Å². The molecule has 0 spiro atoms. The average molecular weight is 385 g/mol. The minimum absolute atomic E-state index is 0.184. The van der Waals surface area contributed by atoms with Crippen LogP contribution in [-0.4, -0.2) is 15.9 Å². The molecule has 4 aromatic rings. The first-order valence-corrected chi connectivity index (χ1v) is 9.82. The standard InChI is InChI=1S/C23H19N3OS/c1-16-7-9-17(10-8-16)13-20-15-25-23(28-20)26-22(27)19-11-12-24-21(14-19)18-5-3-2-4-6-18/h2-12,14-15H,13H2,1H3,(H,25,26,27). The molecule has 1 N–H and O–H groups in total. The number of hydrogen-bond donors (Lipinski definition) is 1. The van der Waals surface area contributed by atoms with Gasteiger partial charge in [0, 0.05) is 34.8 Å². The van der Waals surface area contributed by atoms with E-state index in [0.29, 0.717) is 10.7 Å². The van der Waals surface area contributed by atoms with Gasteiger partial charge in [0.15, 0.2) is 5.13 Å². The van der Waals surface area contributed by atoms with Gasteiger partial charge in [0.2, 0.25) is 0 Å². The SMILES string of the molecule is Cc1ccc(Cc2cnc(NC(=O)c3ccnc(-c4ccccc4)c3)s2)cc1. The molecule has 0 saturated heterocycles. The van der Waals surface area contributed by atoms with E-state index in [1.807, 2.05) is 36.5 Å². The van der Waals surface area contributed by atoms with Crippen molar-refractivity contribution in [1.29, 1.82) is 0 Å². The van der Waals surface area contributed by atoms with Crippen molar-refractivity contribution < 1.29 is 4.79 Å². The summed E-state index contributed by atoms with van der Waals surface area (Å²) in [5.41, 5.74) is 4.78. The molecule has 0 aliphatic rings. The Labute approximate surface area is 167 Å². The summed E-state index contributed by atoms with van der Waals surface area (Å²) in [7, 11) is 0. The van der Waals surface area contributed by atoms with Gasteiger partial charge in [-0.25, -0.2) is 4.98 Å². The second-order valence-corrected chi connectivity index (χ2v) is 7.66. The molecule has 4 nitrogen and oxygen atoms in total. The van der Waals surface area contributed by atoms with Crippen LogP contribution in [0, 0.1) is 6.92 Å². The largest absolute Gasteiger partial charge is 0.298 e. The predicted octanol–water partition coefficient (Wildman–Crippen LogP) is 5.36. The van der Waals surface area contributed by atoms with Crippen LogP contribution in [0.3, 0.4) is 0 Å². The fourth-order valence-corrected chi connectivity index (χ4v) is 3.70. The summed E-state index contributed by atoms with van der Waals surface area (Å²) in [5, 5.41) is 3.49. The van der Waals surface area contributed by atoms with Gasteiger partial charge in [0.25, 0.3) is 5.91 Å². The van der Waals surface area contributed by atoms with Crippen LogP contribution in [0.1, 0.15) is 26.4 Å². The summed E-state index contributed by atoms with van der Waals surface area (Å²) in [6.07, 6.45) is 4.28. The van der Waals surface area contributed by atoms with Gasteiger partial charge in [-0.05, 0) is 24.6 Å². The number of anilines is 1. The van der Waals surface area contributed by atoms with E-state index in [1.54, 1.807) is 18.3 Å². The Hall–Kier alpha value is -3.31. The molecule has 2 aromatic heterocycles. The Kier molecular flexibility index (Phi) is 5.26. The first kappa shape index (κ1) is 18.1. The lowest BCUT2D eigenvalue weighted by atomic mass is 10.1. The van der Waals surface area contributed by atoms with E-state index in [4.69, 9.17) is 0 Å². The van der Waals surface area contributed by atoms with Crippen LogP contribution in [-0.2, 0) is 6.42 Å². The van der Waals surface area contributed by atoms with Crippen molar-refractivity contribution in [2.45, 2.75) is 13.3 Å². The number of aryl methyl sites for hydroxylation is 1. The number of carbonyl (C=O) groups is 1. The molecule has 5 heteroatoms. The predicted molar refractivity (Wildman–Crippen MR) is 114 cm³/mol. The van der Waals surface area contributed by atoms with Crippen molar-refractivity contribution in [2.24, 2.45) is 0 Å². The second-order valence-electron chi connectivity index (χ2n) is 6.54. The van der Waals surface area contributed by atoms with E-state index in [2.05, 4.69) is 46.5 Å². The molecule has 0 aliphatic carbocycles. The summed E-state index contributed by atoms with van der Waals surface area (Å²) in [4.78, 5) is 22.5. The molecule has 0 fully saturated rings. The molecule has 28 heavy (non-hydrogen) atoms. The molecule has 4 rings (SSSR count). The minimum atomic E-state index is -0.184. The van der Waals surface area contributed by atoms with Crippen LogP contribution in [0.5, 0.6) is 0 Å². The third-order valence-corrected chi connectivity index (χ3v) is 5.28. The Bertz CT molecular complexity index is 1090. The Morgan fingerprint density at radius 3 is 2.57 bits per heavy atom. The second kappa shape index (κ2) is 8.15. The van der Waals surface area contributed by atoms with Crippen LogP contribution in [0.15, 0.2) is 79.1 Å². The zero-order valence-corrected chi connectivity index (χ0v) is 16.2. The maximum atomic E-state index is 12.6. The lowest BCUT2D eigenvalue weighted by Gasteiger charge is -2.05. The van der Waals surface area contributed by atoms with Gasteiger partial charge in [-0.2, -0.15) is 0 Å². The number of rotatable bonds is 5. The van der Waals surface area contributed by atoms with Crippen LogP contribution < -0.4 is 5.32 Å². The Morgan fingerprint density at radius 2 is 1.79 bits per heavy atom. The Morgan fingerprint density at radius 1 is 1.00 bits per heavy atom. The third kappa shape index (κ3) is 4.32. The number of amides is 1. The molecule has 0 saturated carbocycles. The van der Waals surface area contributed by atoms with Crippen LogP contribution in [0.2, 0.25) is 0 Å². The summed E-state index contributed by atoms with van der Waals surface area (Å²) in [5.74, 6) is -0.184. The molecule has 1 amide bonds. The molecule has 0 bridgehead atoms. The van der Waals surface area contributed by atoms with E-state index in [-0.39, 0.29) is 5.91 Å². The van der Waals surface area contributed by atoms with Crippen LogP contribution >= 0.6 is 11.3 Å². The average Bonchev–Trinajstić information content (AvgIpc) is 3.17. The van der Waals surface area contributed by atoms with Gasteiger partial charge >= 0.3 is 0 Å². The summed E-state index contributed by atoms with van der Waals surface area (Å²) in [6.45, 7) is 2.08. The fourth-order valence-electron chi connectivity index (χ4n) is 2.86. The number of pyridine rings is 1. The zero-order chi connectivity index (χ0) is 19.3. The van der Waals surface area contributed by atoms with Crippen LogP contribution in [0.25, 0.3) is 11.3 Å². The summed E-state index contributed by atoms with van der Waals surface area (Å²) in [6, 6.07) is 21.8. The number of hydrogen-bond acceptors (Lipinski definition) is 4. The lowest BCUT2D eigenvalue weighted by molar-refractivity contribution is 0.102. The highest BCUT2D eigenvalue weighted by atomic mass is 32.1. The monoisotopic (exact) mass is 385 g/mol. The third-order valence-electron chi connectivity index (χ3n) is 4.36. The normalized spacial score (nSPS) is 10.6. The number of thiazole rings is 1. The molecular formula is C23H19N3OS. The quantitative estimate of drug-likeness (QED) is 0.503. The highest BCUT2D eigenvalue weighted by Crippen LogP contribution is 2.23. The zero-order valence-electron chi connectivity index (χ0n) is 15.4. The van der Waals surface area contributed by atoms with Gasteiger partial charge in [-0.15, -0.1) is 11.3 Å². The maximum Gasteiger partial charge on any atom is 0.257 e. The maximum absolute atomic E-state index is 12.6. The van der Waals surface area contributed by atoms with Crippen molar-refractivity contribution in [3.05, 3.63) is 101 Å². The van der Waals surface area contributed by atoms with E-state index in [9.17, 15) is 4.79 Å². The molecule has 0 aliphatic heterocycles. The topological polar surface area (TPSA) is 54.9 Å². The minimum Gasteiger partial charge on any atom is -0.298 e.